The molecule has 1 saturated carbocycles. The van der Waals surface area contributed by atoms with E-state index in [9.17, 15) is 4.39 Å². The maximum atomic E-state index is 13.8. The molecule has 1 aliphatic carbocycles. The van der Waals surface area contributed by atoms with Crippen LogP contribution in [-0.2, 0) is 0 Å². The average molecular weight is 435 g/mol. The van der Waals surface area contributed by atoms with E-state index in [4.69, 9.17) is 0 Å². The molecular formula is C16H23FIN3S. The van der Waals surface area contributed by atoms with Gasteiger partial charge in [-0.25, -0.2) is 4.39 Å². The molecule has 0 aromatic heterocycles. The summed E-state index contributed by atoms with van der Waals surface area (Å²) in [6.45, 7) is 0. The molecule has 2 aliphatic rings. The number of benzene rings is 1. The Balaban J connectivity index is 0.00000176. The van der Waals surface area contributed by atoms with Crippen LogP contribution < -0.4 is 10.6 Å². The molecule has 1 heterocycles. The van der Waals surface area contributed by atoms with E-state index in [1.165, 1.54) is 24.7 Å². The number of nitrogens with zero attached hydrogens (tertiary/aromatic N) is 1. The number of aliphatic imine (C=N–C) groups is 1. The van der Waals surface area contributed by atoms with Crippen LogP contribution in [0.5, 0.6) is 0 Å². The first-order valence-corrected chi connectivity index (χ1v) is 8.75. The number of nitrogens with one attached hydrogen (secondary N) is 2. The lowest BCUT2D eigenvalue weighted by atomic mass is 10.1. The molecule has 0 bridgehead atoms. The third-order valence-corrected chi connectivity index (χ3v) is 5.36. The third kappa shape index (κ3) is 4.50. The number of thioether (sulfide) groups is 1. The first-order chi connectivity index (χ1) is 10.3. The van der Waals surface area contributed by atoms with Crippen molar-refractivity contribution < 1.29 is 4.39 Å². The SMILES string of the molecule is CN=C(NC1CCCSC1)NC1CC1c1ccccc1F.I. The second-order valence-corrected chi connectivity index (χ2v) is 6.89. The smallest absolute Gasteiger partial charge is 0.191 e. The number of halogens is 2. The number of hydrogen-bond acceptors (Lipinski definition) is 2. The fraction of sp³-hybridized carbons (Fsp3) is 0.562. The highest BCUT2D eigenvalue weighted by Crippen LogP contribution is 2.41. The molecule has 1 saturated heterocycles. The summed E-state index contributed by atoms with van der Waals surface area (Å²) in [7, 11) is 1.80. The highest BCUT2D eigenvalue weighted by atomic mass is 127. The number of guanidine groups is 1. The van der Waals surface area contributed by atoms with Gasteiger partial charge in [0.15, 0.2) is 5.96 Å². The fourth-order valence-electron chi connectivity index (χ4n) is 2.87. The van der Waals surface area contributed by atoms with Gasteiger partial charge in [-0.05, 0) is 36.6 Å². The largest absolute Gasteiger partial charge is 0.353 e. The van der Waals surface area contributed by atoms with Crippen LogP contribution in [0.25, 0.3) is 0 Å². The lowest BCUT2D eigenvalue weighted by molar-refractivity contribution is 0.579. The van der Waals surface area contributed by atoms with Crippen LogP contribution >= 0.6 is 35.7 Å². The minimum atomic E-state index is -0.0987. The second-order valence-electron chi connectivity index (χ2n) is 5.75. The van der Waals surface area contributed by atoms with Crippen molar-refractivity contribution in [1.29, 1.82) is 0 Å². The highest BCUT2D eigenvalue weighted by molar-refractivity contribution is 14.0. The van der Waals surface area contributed by atoms with E-state index in [0.29, 0.717) is 12.1 Å². The van der Waals surface area contributed by atoms with Crippen molar-refractivity contribution in [2.45, 2.75) is 37.3 Å². The average Bonchev–Trinajstić information content (AvgIpc) is 3.27. The quantitative estimate of drug-likeness (QED) is 0.435. The zero-order valence-electron chi connectivity index (χ0n) is 12.7. The van der Waals surface area contributed by atoms with Gasteiger partial charge in [-0.3, -0.25) is 4.99 Å². The van der Waals surface area contributed by atoms with Crippen LogP contribution in [0.15, 0.2) is 29.3 Å². The Labute approximate surface area is 152 Å². The number of rotatable bonds is 3. The highest BCUT2D eigenvalue weighted by Gasteiger charge is 2.40. The van der Waals surface area contributed by atoms with Gasteiger partial charge in [0, 0.05) is 30.8 Å². The van der Waals surface area contributed by atoms with Crippen LogP contribution in [0.4, 0.5) is 4.39 Å². The molecule has 2 N–H and O–H groups in total. The van der Waals surface area contributed by atoms with Crippen molar-refractivity contribution in [2.75, 3.05) is 18.6 Å². The van der Waals surface area contributed by atoms with Gasteiger partial charge in [-0.2, -0.15) is 11.8 Å². The van der Waals surface area contributed by atoms with Crippen molar-refractivity contribution in [3.05, 3.63) is 35.6 Å². The summed E-state index contributed by atoms with van der Waals surface area (Å²) < 4.78 is 13.8. The number of hydrogen-bond donors (Lipinski definition) is 2. The van der Waals surface area contributed by atoms with Crippen LogP contribution in [0.1, 0.15) is 30.7 Å². The Morgan fingerprint density at radius 2 is 2.14 bits per heavy atom. The molecule has 3 unspecified atom stereocenters. The molecule has 1 aromatic carbocycles. The molecule has 2 fully saturated rings. The Bertz CT molecular complexity index is 520. The van der Waals surface area contributed by atoms with Gasteiger partial charge >= 0.3 is 0 Å². The summed E-state index contributed by atoms with van der Waals surface area (Å²) in [5.41, 5.74) is 0.818. The van der Waals surface area contributed by atoms with Crippen LogP contribution in [-0.4, -0.2) is 36.6 Å². The lowest BCUT2D eigenvalue weighted by Gasteiger charge is -2.24. The maximum absolute atomic E-state index is 13.8. The van der Waals surface area contributed by atoms with Crippen molar-refractivity contribution >= 4 is 41.7 Å². The predicted octanol–water partition coefficient (Wildman–Crippen LogP) is 3.36. The molecule has 1 aromatic rings. The summed E-state index contributed by atoms with van der Waals surface area (Å²) in [6, 6.07) is 7.86. The summed E-state index contributed by atoms with van der Waals surface area (Å²) in [5.74, 6) is 3.43. The Morgan fingerprint density at radius 1 is 1.32 bits per heavy atom. The first kappa shape index (κ1) is 17.8. The second kappa shape index (κ2) is 8.38. The van der Waals surface area contributed by atoms with E-state index >= 15 is 0 Å². The van der Waals surface area contributed by atoms with E-state index in [1.54, 1.807) is 13.1 Å². The van der Waals surface area contributed by atoms with Gasteiger partial charge in [-0.1, -0.05) is 18.2 Å². The van der Waals surface area contributed by atoms with E-state index in [1.807, 2.05) is 23.9 Å². The Kier molecular flexibility index (Phi) is 6.80. The van der Waals surface area contributed by atoms with Gasteiger partial charge in [0.25, 0.3) is 0 Å². The van der Waals surface area contributed by atoms with Gasteiger partial charge in [0.05, 0.1) is 0 Å². The van der Waals surface area contributed by atoms with Gasteiger partial charge in [-0.15, -0.1) is 24.0 Å². The van der Waals surface area contributed by atoms with E-state index in [-0.39, 0.29) is 35.7 Å². The molecule has 3 nitrogen and oxygen atoms in total. The minimum absolute atomic E-state index is 0. The molecule has 0 radical (unpaired) electrons. The molecule has 6 heteroatoms. The summed E-state index contributed by atoms with van der Waals surface area (Å²) >= 11 is 1.99. The third-order valence-electron chi connectivity index (χ3n) is 4.14. The first-order valence-electron chi connectivity index (χ1n) is 7.60. The van der Waals surface area contributed by atoms with Crippen LogP contribution in [0, 0.1) is 5.82 Å². The van der Waals surface area contributed by atoms with E-state index in [2.05, 4.69) is 15.6 Å². The van der Waals surface area contributed by atoms with Crippen molar-refractivity contribution in [2.24, 2.45) is 4.99 Å². The maximum Gasteiger partial charge on any atom is 0.191 e. The standard InChI is InChI=1S/C16H22FN3S.HI/c1-18-16(19-11-5-4-8-21-10-11)20-15-9-13(15)12-6-2-3-7-14(12)17;/h2-3,6-7,11,13,15H,4-5,8-10H2,1H3,(H2,18,19,20);1H. The molecule has 0 amide bonds. The lowest BCUT2D eigenvalue weighted by Crippen LogP contribution is -2.46. The molecule has 22 heavy (non-hydrogen) atoms. The fourth-order valence-corrected chi connectivity index (χ4v) is 3.94. The van der Waals surface area contributed by atoms with Crippen LogP contribution in [0.3, 0.4) is 0 Å². The van der Waals surface area contributed by atoms with Crippen molar-refractivity contribution in [3.63, 3.8) is 0 Å². The van der Waals surface area contributed by atoms with E-state index in [0.717, 1.165) is 23.7 Å². The monoisotopic (exact) mass is 435 g/mol. The van der Waals surface area contributed by atoms with Gasteiger partial charge < -0.3 is 10.6 Å². The van der Waals surface area contributed by atoms with Crippen molar-refractivity contribution in [1.82, 2.24) is 10.6 Å². The molecule has 0 spiro atoms. The zero-order valence-corrected chi connectivity index (χ0v) is 15.9. The molecule has 122 valence electrons. The Morgan fingerprint density at radius 3 is 2.82 bits per heavy atom. The Hall–Kier alpha value is -0.500. The molecule has 1 aliphatic heterocycles. The summed E-state index contributed by atoms with van der Waals surface area (Å²) in [5, 5.41) is 6.91. The topological polar surface area (TPSA) is 36.4 Å². The molecule has 3 rings (SSSR count). The predicted molar refractivity (Wildman–Crippen MR) is 103 cm³/mol. The summed E-state index contributed by atoms with van der Waals surface area (Å²) in [4.78, 5) is 4.30. The van der Waals surface area contributed by atoms with Gasteiger partial charge in [0.2, 0.25) is 0 Å². The van der Waals surface area contributed by atoms with Crippen LogP contribution in [0.2, 0.25) is 0 Å². The zero-order chi connectivity index (χ0) is 14.7. The van der Waals surface area contributed by atoms with Crippen molar-refractivity contribution in [3.8, 4) is 0 Å². The molecule has 3 atom stereocenters. The normalized spacial score (nSPS) is 27.7. The minimum Gasteiger partial charge on any atom is -0.353 e. The molecular weight excluding hydrogens is 412 g/mol. The van der Waals surface area contributed by atoms with E-state index < -0.39 is 0 Å². The van der Waals surface area contributed by atoms with Gasteiger partial charge in [0.1, 0.15) is 5.82 Å². The summed E-state index contributed by atoms with van der Waals surface area (Å²) in [6.07, 6.45) is 3.44.